The number of carbonyl (C=O) groups is 2. The second kappa shape index (κ2) is 4.22. The molecule has 0 aliphatic carbocycles. The molecule has 4 aliphatic heterocycles. The summed E-state index contributed by atoms with van der Waals surface area (Å²) in [5, 5.41) is 0. The van der Waals surface area contributed by atoms with Crippen molar-refractivity contribution in [3.05, 3.63) is 0 Å². The Morgan fingerprint density at radius 3 is 2.68 bits per heavy atom. The molecule has 0 saturated carbocycles. The quantitative estimate of drug-likeness (QED) is 0.662. The lowest BCUT2D eigenvalue weighted by atomic mass is 9.70. The van der Waals surface area contributed by atoms with Crippen LogP contribution in [0.15, 0.2) is 0 Å². The SMILES string of the molecule is O=C1[C@@H]2C[C@H](CN3C(=O)CCC[C@@H]23)[C@@H]2CCCCN12. The van der Waals surface area contributed by atoms with Gasteiger partial charge in [-0.15, -0.1) is 0 Å². The highest BCUT2D eigenvalue weighted by molar-refractivity contribution is 5.84. The summed E-state index contributed by atoms with van der Waals surface area (Å²) >= 11 is 0. The van der Waals surface area contributed by atoms with Crippen LogP contribution in [0.5, 0.6) is 0 Å². The molecule has 0 aromatic heterocycles. The standard InChI is InChI=1S/C15H22N2O2/c18-14-6-3-5-13-11-8-10(9-17(13)14)12-4-1-2-7-16(12)15(11)19/h10-13H,1-9H2/t10-,11-,12+,13+/m1/s1. The zero-order valence-electron chi connectivity index (χ0n) is 11.4. The number of hydrogen-bond donors (Lipinski definition) is 0. The van der Waals surface area contributed by atoms with Crippen LogP contribution in [0.4, 0.5) is 0 Å². The Kier molecular flexibility index (Phi) is 2.61. The van der Waals surface area contributed by atoms with Crippen molar-refractivity contribution in [2.45, 2.75) is 57.0 Å². The van der Waals surface area contributed by atoms with Gasteiger partial charge in [0.05, 0.1) is 5.92 Å². The molecule has 0 aromatic rings. The molecular weight excluding hydrogens is 240 g/mol. The van der Waals surface area contributed by atoms with Gasteiger partial charge in [-0.05, 0) is 44.4 Å². The number of hydrogen-bond acceptors (Lipinski definition) is 2. The molecule has 104 valence electrons. The molecule has 0 spiro atoms. The summed E-state index contributed by atoms with van der Waals surface area (Å²) in [6, 6.07) is 0.640. The summed E-state index contributed by atoms with van der Waals surface area (Å²) in [5.41, 5.74) is 0. The van der Waals surface area contributed by atoms with E-state index in [0.29, 0.717) is 30.2 Å². The van der Waals surface area contributed by atoms with Crippen molar-refractivity contribution in [3.63, 3.8) is 0 Å². The number of rotatable bonds is 0. The number of fused-ring (bicyclic) bond motifs is 6. The van der Waals surface area contributed by atoms with E-state index in [0.717, 1.165) is 45.2 Å². The second-order valence-electron chi connectivity index (χ2n) is 6.70. The molecule has 2 amide bonds. The first-order valence-electron chi connectivity index (χ1n) is 7.85. The lowest BCUT2D eigenvalue weighted by Crippen LogP contribution is -2.66. The van der Waals surface area contributed by atoms with Crippen molar-refractivity contribution in [3.8, 4) is 0 Å². The van der Waals surface area contributed by atoms with Crippen molar-refractivity contribution in [2.75, 3.05) is 13.1 Å². The van der Waals surface area contributed by atoms with Gasteiger partial charge in [0, 0.05) is 31.6 Å². The average molecular weight is 262 g/mol. The van der Waals surface area contributed by atoms with E-state index in [9.17, 15) is 9.59 Å². The summed E-state index contributed by atoms with van der Waals surface area (Å²) in [6.45, 7) is 1.87. The molecule has 4 nitrogen and oxygen atoms in total. The van der Waals surface area contributed by atoms with Gasteiger partial charge in [0.1, 0.15) is 0 Å². The van der Waals surface area contributed by atoms with Gasteiger partial charge in [-0.1, -0.05) is 0 Å². The molecule has 0 unspecified atom stereocenters. The first-order valence-corrected chi connectivity index (χ1v) is 7.85. The van der Waals surface area contributed by atoms with Crippen molar-refractivity contribution in [1.82, 2.24) is 9.80 Å². The van der Waals surface area contributed by atoms with Crippen LogP contribution in [-0.4, -0.2) is 46.8 Å². The highest BCUT2D eigenvalue weighted by Crippen LogP contribution is 2.43. The normalized spacial score (nSPS) is 41.9. The van der Waals surface area contributed by atoms with Gasteiger partial charge in [0.2, 0.25) is 11.8 Å². The topological polar surface area (TPSA) is 40.6 Å². The van der Waals surface area contributed by atoms with Crippen LogP contribution in [0.3, 0.4) is 0 Å². The molecule has 0 N–H and O–H groups in total. The minimum Gasteiger partial charge on any atom is -0.339 e. The zero-order valence-corrected chi connectivity index (χ0v) is 11.4. The van der Waals surface area contributed by atoms with Crippen LogP contribution < -0.4 is 0 Å². The Hall–Kier alpha value is -1.06. The molecule has 4 rings (SSSR count). The Balaban J connectivity index is 1.66. The van der Waals surface area contributed by atoms with Crippen LogP contribution in [0, 0.1) is 11.8 Å². The largest absolute Gasteiger partial charge is 0.339 e. The van der Waals surface area contributed by atoms with Crippen LogP contribution in [0.25, 0.3) is 0 Å². The highest BCUT2D eigenvalue weighted by atomic mass is 16.2. The van der Waals surface area contributed by atoms with E-state index in [1.807, 2.05) is 0 Å². The molecule has 0 radical (unpaired) electrons. The first kappa shape index (κ1) is 11.7. The number of carbonyl (C=O) groups excluding carboxylic acids is 2. The van der Waals surface area contributed by atoms with Crippen molar-refractivity contribution < 1.29 is 9.59 Å². The zero-order chi connectivity index (χ0) is 13.0. The molecule has 2 bridgehead atoms. The van der Waals surface area contributed by atoms with Gasteiger partial charge in [0.15, 0.2) is 0 Å². The lowest BCUT2D eigenvalue weighted by molar-refractivity contribution is -0.164. The number of nitrogens with zero attached hydrogens (tertiary/aromatic N) is 2. The molecule has 4 aliphatic rings. The van der Waals surface area contributed by atoms with Crippen LogP contribution in [0.2, 0.25) is 0 Å². The molecule has 4 fully saturated rings. The van der Waals surface area contributed by atoms with Gasteiger partial charge in [-0.2, -0.15) is 0 Å². The maximum absolute atomic E-state index is 12.7. The smallest absolute Gasteiger partial charge is 0.228 e. The fourth-order valence-corrected chi connectivity index (χ4v) is 4.89. The first-order chi connectivity index (χ1) is 9.25. The fraction of sp³-hybridized carbons (Fsp3) is 0.867. The van der Waals surface area contributed by atoms with E-state index < -0.39 is 0 Å². The highest BCUT2D eigenvalue weighted by Gasteiger charge is 2.52. The lowest BCUT2D eigenvalue weighted by Gasteiger charge is -2.56. The fourth-order valence-electron chi connectivity index (χ4n) is 4.89. The van der Waals surface area contributed by atoms with Crippen molar-refractivity contribution in [2.24, 2.45) is 11.8 Å². The Labute approximate surface area is 114 Å². The van der Waals surface area contributed by atoms with Crippen molar-refractivity contribution >= 4 is 11.8 Å². The number of piperidine rings is 4. The Morgan fingerprint density at radius 2 is 1.79 bits per heavy atom. The molecule has 4 heteroatoms. The summed E-state index contributed by atoms with van der Waals surface area (Å²) in [5.74, 6) is 1.30. The van der Waals surface area contributed by atoms with Crippen LogP contribution in [-0.2, 0) is 9.59 Å². The minimum atomic E-state index is 0.109. The second-order valence-corrected chi connectivity index (χ2v) is 6.70. The maximum atomic E-state index is 12.7. The third-order valence-corrected chi connectivity index (χ3v) is 5.76. The van der Waals surface area contributed by atoms with Gasteiger partial charge in [-0.25, -0.2) is 0 Å². The van der Waals surface area contributed by atoms with E-state index in [-0.39, 0.29) is 12.0 Å². The molecule has 4 saturated heterocycles. The molecule has 4 heterocycles. The summed E-state index contributed by atoms with van der Waals surface area (Å²) in [7, 11) is 0. The monoisotopic (exact) mass is 262 g/mol. The Bertz CT molecular complexity index is 422. The number of amides is 2. The predicted molar refractivity (Wildman–Crippen MR) is 70.3 cm³/mol. The summed E-state index contributed by atoms with van der Waals surface area (Å²) < 4.78 is 0. The van der Waals surface area contributed by atoms with E-state index in [2.05, 4.69) is 9.80 Å². The predicted octanol–water partition coefficient (Wildman–Crippen LogP) is 1.40. The summed E-state index contributed by atoms with van der Waals surface area (Å²) in [4.78, 5) is 29.1. The van der Waals surface area contributed by atoms with E-state index in [1.165, 1.54) is 6.42 Å². The van der Waals surface area contributed by atoms with E-state index >= 15 is 0 Å². The van der Waals surface area contributed by atoms with Crippen LogP contribution >= 0.6 is 0 Å². The molecule has 0 aromatic carbocycles. The van der Waals surface area contributed by atoms with Crippen molar-refractivity contribution in [1.29, 1.82) is 0 Å². The van der Waals surface area contributed by atoms with Crippen LogP contribution in [0.1, 0.15) is 44.9 Å². The third-order valence-electron chi connectivity index (χ3n) is 5.76. The average Bonchev–Trinajstić information content (AvgIpc) is 2.45. The third kappa shape index (κ3) is 1.65. The molecule has 19 heavy (non-hydrogen) atoms. The minimum absolute atomic E-state index is 0.109. The van der Waals surface area contributed by atoms with E-state index in [4.69, 9.17) is 0 Å². The van der Waals surface area contributed by atoms with Gasteiger partial charge in [0.25, 0.3) is 0 Å². The summed E-state index contributed by atoms with van der Waals surface area (Å²) in [6.07, 6.45) is 7.29. The van der Waals surface area contributed by atoms with Gasteiger partial charge < -0.3 is 9.80 Å². The Morgan fingerprint density at radius 1 is 0.947 bits per heavy atom. The molecular formula is C15H22N2O2. The van der Waals surface area contributed by atoms with Gasteiger partial charge in [-0.3, -0.25) is 9.59 Å². The van der Waals surface area contributed by atoms with Gasteiger partial charge >= 0.3 is 0 Å². The van der Waals surface area contributed by atoms with E-state index in [1.54, 1.807) is 0 Å². The molecule has 4 atom stereocenters. The maximum Gasteiger partial charge on any atom is 0.228 e.